The van der Waals surface area contributed by atoms with Crippen molar-refractivity contribution in [2.24, 2.45) is 0 Å². The fraction of sp³-hybridized carbons (Fsp3) is 0.556. The highest BCUT2D eigenvalue weighted by atomic mass is 15.1. The summed E-state index contributed by atoms with van der Waals surface area (Å²) < 4.78 is 0. The Labute approximate surface area is 64.0 Å². The molecule has 0 unspecified atom stereocenters. The molecule has 0 saturated heterocycles. The summed E-state index contributed by atoms with van der Waals surface area (Å²) in [5.41, 5.74) is 1.17. The molecule has 0 amide bonds. The molecule has 0 bridgehead atoms. The van der Waals surface area contributed by atoms with Gasteiger partial charge in [-0.15, -0.1) is 0 Å². The summed E-state index contributed by atoms with van der Waals surface area (Å²) in [7, 11) is 2.09. The van der Waals surface area contributed by atoms with Crippen LogP contribution in [0.1, 0.15) is 13.8 Å². The second kappa shape index (κ2) is 5.24. The molecule has 0 aliphatic carbocycles. The lowest BCUT2D eigenvalue weighted by Gasteiger charge is -2.12. The van der Waals surface area contributed by atoms with E-state index in [2.05, 4.69) is 25.5 Å². The fourth-order valence-corrected chi connectivity index (χ4v) is 0.747. The van der Waals surface area contributed by atoms with Gasteiger partial charge in [0.05, 0.1) is 0 Å². The maximum atomic E-state index is 3.90. The quantitative estimate of drug-likeness (QED) is 0.539. The predicted octanol–water partition coefficient (Wildman–Crippen LogP) is 2.07. The van der Waals surface area contributed by atoms with Crippen molar-refractivity contribution in [3.05, 3.63) is 24.3 Å². The third-order valence-electron chi connectivity index (χ3n) is 1.42. The summed E-state index contributed by atoms with van der Waals surface area (Å²) >= 11 is 0. The van der Waals surface area contributed by atoms with Crippen molar-refractivity contribution in [3.8, 4) is 0 Å². The third kappa shape index (κ3) is 4.33. The summed E-state index contributed by atoms with van der Waals surface area (Å²) in [5, 5.41) is 0. The Kier molecular flexibility index (Phi) is 4.95. The number of hydrogen-bond donors (Lipinski definition) is 0. The van der Waals surface area contributed by atoms with Gasteiger partial charge in [0.2, 0.25) is 0 Å². The Hall–Kier alpha value is -0.560. The van der Waals surface area contributed by atoms with Crippen LogP contribution in [-0.2, 0) is 0 Å². The first-order chi connectivity index (χ1) is 4.70. The standard InChI is InChI=1S/C9H17N/c1-5-7-9(3)8-10(4)6-2/h5,7H,3,6,8H2,1-2,4H3/b7-5-. The maximum absolute atomic E-state index is 3.90. The van der Waals surface area contributed by atoms with Gasteiger partial charge in [-0.05, 0) is 26.1 Å². The van der Waals surface area contributed by atoms with Crippen LogP contribution in [0.4, 0.5) is 0 Å². The van der Waals surface area contributed by atoms with Crippen molar-refractivity contribution in [2.75, 3.05) is 20.1 Å². The molecule has 0 aromatic carbocycles. The molecule has 0 aromatic heterocycles. The summed E-state index contributed by atoms with van der Waals surface area (Å²) in [6.45, 7) is 10.1. The lowest BCUT2D eigenvalue weighted by molar-refractivity contribution is 0.386. The Morgan fingerprint density at radius 1 is 1.60 bits per heavy atom. The number of allylic oxidation sites excluding steroid dienone is 1. The van der Waals surface area contributed by atoms with Crippen molar-refractivity contribution in [1.29, 1.82) is 0 Å². The molecule has 0 aliphatic rings. The molecule has 0 heterocycles. The highest BCUT2D eigenvalue weighted by molar-refractivity contribution is 5.14. The molecule has 0 rings (SSSR count). The van der Waals surface area contributed by atoms with Crippen LogP contribution in [0.25, 0.3) is 0 Å². The number of nitrogens with zero attached hydrogens (tertiary/aromatic N) is 1. The zero-order valence-corrected chi connectivity index (χ0v) is 7.22. The fourth-order valence-electron chi connectivity index (χ4n) is 0.747. The Bertz CT molecular complexity index is 125. The monoisotopic (exact) mass is 139 g/mol. The van der Waals surface area contributed by atoms with E-state index in [4.69, 9.17) is 0 Å². The molecule has 0 aromatic rings. The van der Waals surface area contributed by atoms with Crippen LogP contribution < -0.4 is 0 Å². The van der Waals surface area contributed by atoms with E-state index in [0.717, 1.165) is 13.1 Å². The SMILES string of the molecule is C=C(/C=C\C)CN(C)CC. The van der Waals surface area contributed by atoms with Crippen LogP contribution in [-0.4, -0.2) is 25.0 Å². The van der Waals surface area contributed by atoms with Gasteiger partial charge in [-0.25, -0.2) is 0 Å². The molecule has 0 fully saturated rings. The molecular formula is C9H17N. The van der Waals surface area contributed by atoms with E-state index in [-0.39, 0.29) is 0 Å². The molecule has 0 N–H and O–H groups in total. The van der Waals surface area contributed by atoms with E-state index in [0.29, 0.717) is 0 Å². The largest absolute Gasteiger partial charge is 0.302 e. The smallest absolute Gasteiger partial charge is 0.0224 e. The molecular weight excluding hydrogens is 122 g/mol. The minimum Gasteiger partial charge on any atom is -0.302 e. The van der Waals surface area contributed by atoms with Gasteiger partial charge in [0, 0.05) is 6.54 Å². The third-order valence-corrected chi connectivity index (χ3v) is 1.42. The van der Waals surface area contributed by atoms with Gasteiger partial charge in [-0.1, -0.05) is 25.7 Å². The van der Waals surface area contributed by atoms with E-state index in [1.165, 1.54) is 5.57 Å². The molecule has 0 spiro atoms. The average molecular weight is 139 g/mol. The van der Waals surface area contributed by atoms with Crippen molar-refractivity contribution in [3.63, 3.8) is 0 Å². The van der Waals surface area contributed by atoms with Gasteiger partial charge in [0.15, 0.2) is 0 Å². The topological polar surface area (TPSA) is 3.24 Å². The van der Waals surface area contributed by atoms with E-state index < -0.39 is 0 Å². The summed E-state index contributed by atoms with van der Waals surface area (Å²) in [6.07, 6.45) is 4.07. The first-order valence-electron chi connectivity index (χ1n) is 3.69. The van der Waals surface area contributed by atoms with E-state index in [1.807, 2.05) is 19.1 Å². The first kappa shape index (κ1) is 9.44. The Balaban J connectivity index is 3.57. The van der Waals surface area contributed by atoms with E-state index in [1.54, 1.807) is 0 Å². The Morgan fingerprint density at radius 2 is 2.20 bits per heavy atom. The maximum Gasteiger partial charge on any atom is 0.0224 e. The first-order valence-corrected chi connectivity index (χ1v) is 3.69. The minimum atomic E-state index is 0.973. The Morgan fingerprint density at radius 3 is 2.60 bits per heavy atom. The van der Waals surface area contributed by atoms with Gasteiger partial charge >= 0.3 is 0 Å². The highest BCUT2D eigenvalue weighted by Crippen LogP contribution is 1.95. The number of rotatable bonds is 4. The molecule has 10 heavy (non-hydrogen) atoms. The van der Waals surface area contributed by atoms with Crippen LogP contribution in [0.5, 0.6) is 0 Å². The molecule has 0 atom stereocenters. The molecule has 1 heteroatoms. The highest BCUT2D eigenvalue weighted by Gasteiger charge is 1.93. The van der Waals surface area contributed by atoms with Crippen LogP contribution in [0.15, 0.2) is 24.3 Å². The lowest BCUT2D eigenvalue weighted by Crippen LogP contribution is -2.19. The van der Waals surface area contributed by atoms with E-state index in [9.17, 15) is 0 Å². The van der Waals surface area contributed by atoms with Gasteiger partial charge in [-0.2, -0.15) is 0 Å². The zero-order chi connectivity index (χ0) is 7.98. The predicted molar refractivity (Wildman–Crippen MR) is 47.1 cm³/mol. The van der Waals surface area contributed by atoms with E-state index >= 15 is 0 Å². The minimum absolute atomic E-state index is 0.973. The van der Waals surface area contributed by atoms with Crippen LogP contribution in [0.2, 0.25) is 0 Å². The van der Waals surface area contributed by atoms with Crippen molar-refractivity contribution >= 4 is 0 Å². The second-order valence-corrected chi connectivity index (χ2v) is 2.49. The molecule has 0 aliphatic heterocycles. The zero-order valence-electron chi connectivity index (χ0n) is 7.22. The summed E-state index contributed by atoms with van der Waals surface area (Å²) in [6, 6.07) is 0. The van der Waals surface area contributed by atoms with Crippen LogP contribution in [0.3, 0.4) is 0 Å². The van der Waals surface area contributed by atoms with Crippen LogP contribution in [0, 0.1) is 0 Å². The molecule has 58 valence electrons. The summed E-state index contributed by atoms with van der Waals surface area (Å²) in [4.78, 5) is 2.22. The molecule has 0 radical (unpaired) electrons. The number of likely N-dealkylation sites (N-methyl/N-ethyl adjacent to an activating group) is 1. The van der Waals surface area contributed by atoms with Gasteiger partial charge < -0.3 is 4.90 Å². The van der Waals surface area contributed by atoms with Gasteiger partial charge in [0.1, 0.15) is 0 Å². The van der Waals surface area contributed by atoms with Gasteiger partial charge in [-0.3, -0.25) is 0 Å². The molecule has 1 nitrogen and oxygen atoms in total. The number of hydrogen-bond acceptors (Lipinski definition) is 1. The van der Waals surface area contributed by atoms with Crippen molar-refractivity contribution in [2.45, 2.75) is 13.8 Å². The summed E-state index contributed by atoms with van der Waals surface area (Å²) in [5.74, 6) is 0. The average Bonchev–Trinajstić information content (AvgIpc) is 1.88. The van der Waals surface area contributed by atoms with Crippen molar-refractivity contribution in [1.82, 2.24) is 4.90 Å². The second-order valence-electron chi connectivity index (χ2n) is 2.49. The molecule has 0 saturated carbocycles. The van der Waals surface area contributed by atoms with Crippen LogP contribution >= 0.6 is 0 Å². The van der Waals surface area contributed by atoms with Crippen molar-refractivity contribution < 1.29 is 0 Å². The lowest BCUT2D eigenvalue weighted by atomic mass is 10.2. The van der Waals surface area contributed by atoms with Gasteiger partial charge in [0.25, 0.3) is 0 Å². The normalized spacial score (nSPS) is 11.2.